The number of fused-ring (bicyclic) bond motifs is 5. The van der Waals surface area contributed by atoms with Gasteiger partial charge in [0.05, 0.1) is 66.5 Å². The van der Waals surface area contributed by atoms with Crippen LogP contribution in [0.2, 0.25) is 0 Å². The number of aliphatic hydroxyl groups excluding tert-OH is 3. The second kappa shape index (κ2) is 26.1. The van der Waals surface area contributed by atoms with Crippen molar-refractivity contribution in [2.45, 2.75) is 262 Å². The van der Waals surface area contributed by atoms with E-state index in [1.165, 1.54) is 20.1 Å². The number of hydrogen-bond donors (Lipinski definition) is 6. The molecule has 0 radical (unpaired) electrons. The van der Waals surface area contributed by atoms with Gasteiger partial charge in [-0.05, 0) is 139 Å². The van der Waals surface area contributed by atoms with E-state index in [9.17, 15) is 54.6 Å². The summed E-state index contributed by atoms with van der Waals surface area (Å²) < 4.78 is 68.1. The van der Waals surface area contributed by atoms with Crippen molar-refractivity contribution in [3.8, 4) is 0 Å². The molecular weight excluding hydrogens is 1120 g/mol. The van der Waals surface area contributed by atoms with E-state index in [-0.39, 0.29) is 56.6 Å². The van der Waals surface area contributed by atoms with Gasteiger partial charge in [-0.25, -0.2) is 4.39 Å². The van der Waals surface area contributed by atoms with Gasteiger partial charge in [-0.15, -0.1) is 0 Å². The number of rotatable bonds is 14. The van der Waals surface area contributed by atoms with Gasteiger partial charge in [0.1, 0.15) is 29.5 Å². The van der Waals surface area contributed by atoms with Gasteiger partial charge in [-0.3, -0.25) is 24.0 Å². The second-order valence-electron chi connectivity index (χ2n) is 28.4. The number of alkyl halides is 1. The number of ether oxygens (including phenoxy) is 8. The number of nitrogens with zero attached hydrogens (tertiary/aromatic N) is 2. The van der Waals surface area contributed by atoms with E-state index >= 15 is 4.39 Å². The van der Waals surface area contributed by atoms with Gasteiger partial charge >= 0.3 is 17.9 Å². The van der Waals surface area contributed by atoms with Crippen LogP contribution < -0.4 is 0 Å². The summed E-state index contributed by atoms with van der Waals surface area (Å²) in [5.41, 5.74) is -11.1. The first kappa shape index (κ1) is 70.1. The van der Waals surface area contributed by atoms with Crippen molar-refractivity contribution in [1.29, 1.82) is 0 Å². The average Bonchev–Trinajstić information content (AvgIpc) is 1.36. The van der Waals surface area contributed by atoms with Crippen molar-refractivity contribution in [3.63, 3.8) is 0 Å². The van der Waals surface area contributed by atoms with E-state index < -0.39 is 191 Å². The molecule has 22 heteroatoms. The number of methoxy groups -OCH3 is 1. The van der Waals surface area contributed by atoms with E-state index in [2.05, 4.69) is 0 Å². The maximum absolute atomic E-state index is 17.8. The summed E-state index contributed by atoms with van der Waals surface area (Å²) >= 11 is 0. The fourth-order valence-electron chi connectivity index (χ4n) is 16.6. The third-order valence-corrected chi connectivity index (χ3v) is 22.0. The van der Waals surface area contributed by atoms with Crippen LogP contribution in [0.25, 0.3) is 0 Å². The number of halogens is 1. The van der Waals surface area contributed by atoms with E-state index in [1.807, 2.05) is 29.7 Å². The van der Waals surface area contributed by atoms with Crippen LogP contribution in [-0.4, -0.2) is 219 Å². The Morgan fingerprint density at radius 3 is 2.13 bits per heavy atom. The summed E-state index contributed by atoms with van der Waals surface area (Å²) in [5, 5.41) is 72.3. The zero-order valence-corrected chi connectivity index (χ0v) is 53.9. The normalized spacial score (nSPS) is 48.0. The molecule has 7 rings (SSSR count). The Labute approximate surface area is 507 Å². The smallest absolute Gasteiger partial charge is 0.311 e. The third kappa shape index (κ3) is 12.8. The Balaban J connectivity index is 1.12. The van der Waals surface area contributed by atoms with E-state index in [0.29, 0.717) is 18.5 Å². The standard InChI is InChI=1S/C64H103FN2O19/c1-18-47-62(13,77)53(73)38(7)67(16)31-33(2)28-60(11,76)55(36(5)51(37(6)56(75)83-47)85-50-30-61(12,79-17)54(74)39(8)82-50)86-57-52(44(66(14)15)26-35(4)81-57)84-49(72)22-21-48(71)80-32-46(70)64(78)34(3)25-43-42-20-19-40-27-41(68)23-24-58(40,9)63(42,65)45(69)29-59(43,64)10/h19,23-24,33-39,42-45,47,50-55,57,69,73-74,76-78H,18,20-22,25-32H2,1-17H3/t33-,34-,35-,36+,37-,38-,39+,42+,43+,44?,45+,47-,50+,51+,52-,53-,54+,55-,57+,58+,59+,60-,61-,62-,63+,64+/m1/s1. The van der Waals surface area contributed by atoms with Crippen molar-refractivity contribution in [1.82, 2.24) is 9.80 Å². The number of carbonyl (C=O) groups is 5. The number of aliphatic hydroxyl groups is 6. The minimum atomic E-state index is -2.18. The van der Waals surface area contributed by atoms with Gasteiger partial charge in [0.2, 0.25) is 5.78 Å². The van der Waals surface area contributed by atoms with Crippen LogP contribution in [-0.2, 0) is 61.9 Å². The van der Waals surface area contributed by atoms with Crippen LogP contribution in [0, 0.1) is 46.3 Å². The lowest BCUT2D eigenvalue weighted by Gasteiger charge is -2.62. The molecule has 6 N–H and O–H groups in total. The van der Waals surface area contributed by atoms with E-state index in [4.69, 9.17) is 37.9 Å². The summed E-state index contributed by atoms with van der Waals surface area (Å²) in [4.78, 5) is 72.7. The number of hydrogen-bond acceptors (Lipinski definition) is 21. The Bertz CT molecular complexity index is 2530. The highest BCUT2D eigenvalue weighted by molar-refractivity contribution is 5.94. The number of Topliss-reactive ketones (excluding diaryl/α,β-unsaturated/α-hetero) is 1. The lowest BCUT2D eigenvalue weighted by molar-refractivity contribution is -0.319. The lowest BCUT2D eigenvalue weighted by Crippen LogP contribution is -2.69. The molecule has 0 aromatic heterocycles. The number of likely N-dealkylation sites (N-methyl/N-ethyl adjacent to an activating group) is 2. The highest BCUT2D eigenvalue weighted by atomic mass is 19.1. The number of esters is 3. The van der Waals surface area contributed by atoms with Crippen LogP contribution in [0.4, 0.5) is 4.39 Å². The first-order chi connectivity index (χ1) is 39.8. The van der Waals surface area contributed by atoms with Crippen LogP contribution in [0.15, 0.2) is 23.8 Å². The minimum Gasteiger partial charge on any atom is -0.459 e. The molecule has 3 aliphatic heterocycles. The minimum absolute atomic E-state index is 0.0227. The van der Waals surface area contributed by atoms with Gasteiger partial charge in [-0.2, -0.15) is 0 Å². The van der Waals surface area contributed by atoms with Crippen molar-refractivity contribution >= 4 is 29.5 Å². The molecule has 7 aliphatic rings. The second-order valence-corrected chi connectivity index (χ2v) is 28.4. The highest BCUT2D eigenvalue weighted by Crippen LogP contribution is 2.70. The molecule has 5 fully saturated rings. The van der Waals surface area contributed by atoms with Gasteiger partial charge < -0.3 is 78.3 Å². The molecule has 1 unspecified atom stereocenters. The van der Waals surface area contributed by atoms with Gasteiger partial charge in [0, 0.05) is 55.2 Å². The molecule has 2 saturated carbocycles. The topological polar surface area (TPSA) is 287 Å². The predicted molar refractivity (Wildman–Crippen MR) is 311 cm³/mol. The Morgan fingerprint density at radius 1 is 0.849 bits per heavy atom. The lowest BCUT2D eigenvalue weighted by atomic mass is 9.45. The summed E-state index contributed by atoms with van der Waals surface area (Å²) in [6.45, 7) is 21.5. The molecule has 3 heterocycles. The fraction of sp³-hybridized carbons (Fsp3) is 0.859. The molecule has 0 aromatic rings. The zero-order chi connectivity index (χ0) is 64.4. The quantitative estimate of drug-likeness (QED) is 0.0781. The molecular formula is C64H103FN2O19. The number of allylic oxidation sites excluding steroid dienone is 4. The summed E-state index contributed by atoms with van der Waals surface area (Å²) in [6.07, 6.45) is -8.07. The van der Waals surface area contributed by atoms with E-state index in [0.717, 1.165) is 0 Å². The van der Waals surface area contributed by atoms with Crippen molar-refractivity contribution in [2.24, 2.45) is 46.3 Å². The number of ketones is 2. The van der Waals surface area contributed by atoms with Crippen LogP contribution >= 0.6 is 0 Å². The van der Waals surface area contributed by atoms with Crippen molar-refractivity contribution in [3.05, 3.63) is 23.8 Å². The van der Waals surface area contributed by atoms with Crippen molar-refractivity contribution < 1.29 is 96.9 Å². The molecule has 21 nitrogen and oxygen atoms in total. The van der Waals surface area contributed by atoms with Crippen LogP contribution in [0.1, 0.15) is 154 Å². The van der Waals surface area contributed by atoms with Crippen LogP contribution in [0.5, 0.6) is 0 Å². The SMILES string of the molecule is CC[C@H]1OC(=O)[C@H](C)[C@@H](O[C@H]2C[C@@](C)(OC)[C@@H](O)[C@H](C)O2)[C@H](C)[C@@H](O[C@@H]2O[C@H](C)CC(N(C)C)[C@H]2OC(=O)CCC(=O)OCC(=O)[C@@]2(O)[C@H](C)C[C@H]3[C@@H]4CC=C5CC(=O)C=C[C@]5(C)[C@@]4(F)[C@@H](O)C[C@@]32C)[C@](C)(O)C[C@@H](C)CN(C)[C@H](C)[C@@H](O)[C@]1(C)O. The van der Waals surface area contributed by atoms with Crippen LogP contribution in [0.3, 0.4) is 0 Å². The molecule has 0 aromatic carbocycles. The first-order valence-electron chi connectivity index (χ1n) is 31.2. The molecule has 3 saturated heterocycles. The van der Waals surface area contributed by atoms with E-state index in [1.54, 1.807) is 96.5 Å². The summed E-state index contributed by atoms with van der Waals surface area (Å²) in [5.74, 6) is -8.03. The van der Waals surface area contributed by atoms with Gasteiger partial charge in [-0.1, -0.05) is 52.3 Å². The maximum Gasteiger partial charge on any atom is 0.311 e. The monoisotopic (exact) mass is 1220 g/mol. The predicted octanol–water partition coefficient (Wildman–Crippen LogP) is 4.69. The Hall–Kier alpha value is -3.36. The average molecular weight is 1220 g/mol. The molecule has 4 aliphatic carbocycles. The van der Waals surface area contributed by atoms with Gasteiger partial charge in [0.15, 0.2) is 36.7 Å². The fourth-order valence-corrected chi connectivity index (χ4v) is 16.6. The summed E-state index contributed by atoms with van der Waals surface area (Å²) in [7, 11) is 6.85. The Morgan fingerprint density at radius 2 is 1.50 bits per heavy atom. The number of cyclic esters (lactones) is 1. The molecule has 0 amide bonds. The molecule has 0 spiro atoms. The van der Waals surface area contributed by atoms with Gasteiger partial charge in [0.25, 0.3) is 0 Å². The highest BCUT2D eigenvalue weighted by Gasteiger charge is 2.75. The molecule has 86 heavy (non-hydrogen) atoms. The van der Waals surface area contributed by atoms with Crippen molar-refractivity contribution in [2.75, 3.05) is 41.4 Å². The molecule has 490 valence electrons. The third-order valence-electron chi connectivity index (χ3n) is 22.0. The summed E-state index contributed by atoms with van der Waals surface area (Å²) in [6, 6.07) is -1.20. The first-order valence-corrected chi connectivity index (χ1v) is 31.2. The largest absolute Gasteiger partial charge is 0.459 e. The molecule has 0 bridgehead atoms. The maximum atomic E-state index is 17.8. The zero-order valence-electron chi connectivity index (χ0n) is 53.9. The molecule has 26 atom stereocenters. The Kier molecular flexibility index (Phi) is 21.3. The number of carbonyl (C=O) groups excluding carboxylic acids is 5.